The molecule has 0 heterocycles. The van der Waals surface area contributed by atoms with E-state index in [0.29, 0.717) is 6.54 Å². The Bertz CT molecular complexity index is 349. The first kappa shape index (κ1) is 17.2. The van der Waals surface area contributed by atoms with Gasteiger partial charge in [0.15, 0.2) is 0 Å². The van der Waals surface area contributed by atoms with E-state index in [4.69, 9.17) is 5.11 Å². The molecule has 0 unspecified atom stereocenters. The highest BCUT2D eigenvalue weighted by molar-refractivity contribution is 5.84. The minimum Gasteiger partial charge on any atom is -0.480 e. The summed E-state index contributed by atoms with van der Waals surface area (Å²) in [6.07, 6.45) is 0. The minimum atomic E-state index is -1.10. The summed E-state index contributed by atoms with van der Waals surface area (Å²) in [5, 5.41) is 8.87. The van der Waals surface area contributed by atoms with E-state index in [2.05, 4.69) is 4.74 Å². The topological polar surface area (TPSA) is 87.2 Å². The van der Waals surface area contributed by atoms with E-state index in [1.54, 1.807) is 27.7 Å². The van der Waals surface area contributed by atoms with Crippen molar-refractivity contribution in [1.82, 2.24) is 9.80 Å². The maximum absolute atomic E-state index is 12.3. The third-order valence-electron chi connectivity index (χ3n) is 2.53. The molecule has 0 spiro atoms. The molecule has 0 aromatic rings. The van der Waals surface area contributed by atoms with Gasteiger partial charge in [0.1, 0.15) is 13.1 Å². The molecule has 0 saturated carbocycles. The molecule has 0 aromatic carbocycles. The van der Waals surface area contributed by atoms with Crippen LogP contribution in [0.4, 0.5) is 4.79 Å². The predicted molar refractivity (Wildman–Crippen MR) is 68.8 cm³/mol. The van der Waals surface area contributed by atoms with Crippen molar-refractivity contribution >= 4 is 18.0 Å². The van der Waals surface area contributed by atoms with Gasteiger partial charge in [0, 0.05) is 12.1 Å². The first-order chi connectivity index (χ1) is 8.63. The van der Waals surface area contributed by atoms with Crippen molar-refractivity contribution < 1.29 is 24.2 Å². The standard InChI is InChI=1S/C12H22N2O5/c1-6-13(8-10(17)19-5)11(18)14(7-9(15)16)12(2,3)4/h6-8H2,1-5H3,(H,15,16). The van der Waals surface area contributed by atoms with Gasteiger partial charge in [-0.05, 0) is 27.7 Å². The van der Waals surface area contributed by atoms with Crippen LogP contribution in [0.3, 0.4) is 0 Å². The van der Waals surface area contributed by atoms with Gasteiger partial charge in [-0.15, -0.1) is 0 Å². The molecule has 19 heavy (non-hydrogen) atoms. The first-order valence-electron chi connectivity index (χ1n) is 5.98. The zero-order chi connectivity index (χ0) is 15.2. The Labute approximate surface area is 113 Å². The van der Waals surface area contributed by atoms with Crippen molar-refractivity contribution in [3.05, 3.63) is 0 Å². The van der Waals surface area contributed by atoms with E-state index in [0.717, 1.165) is 0 Å². The Hall–Kier alpha value is -1.79. The number of carboxylic acids is 1. The second kappa shape index (κ2) is 6.96. The van der Waals surface area contributed by atoms with Gasteiger partial charge in [-0.25, -0.2) is 4.79 Å². The lowest BCUT2D eigenvalue weighted by Crippen LogP contribution is -2.54. The molecule has 0 aliphatic rings. The van der Waals surface area contributed by atoms with Crippen LogP contribution >= 0.6 is 0 Å². The fourth-order valence-corrected chi connectivity index (χ4v) is 1.43. The van der Waals surface area contributed by atoms with Crippen molar-refractivity contribution in [2.24, 2.45) is 0 Å². The quantitative estimate of drug-likeness (QED) is 0.749. The Morgan fingerprint density at radius 2 is 1.68 bits per heavy atom. The van der Waals surface area contributed by atoms with E-state index >= 15 is 0 Å². The van der Waals surface area contributed by atoms with Gasteiger partial charge in [0.25, 0.3) is 0 Å². The largest absolute Gasteiger partial charge is 0.480 e. The number of ether oxygens (including phenoxy) is 1. The van der Waals surface area contributed by atoms with Crippen LogP contribution in [0.25, 0.3) is 0 Å². The predicted octanol–water partition coefficient (Wildman–Crippen LogP) is 0.786. The number of nitrogens with zero attached hydrogens (tertiary/aromatic N) is 2. The molecular weight excluding hydrogens is 252 g/mol. The molecule has 0 bridgehead atoms. The second-order valence-corrected chi connectivity index (χ2v) is 5.02. The highest BCUT2D eigenvalue weighted by atomic mass is 16.5. The van der Waals surface area contributed by atoms with Crippen LogP contribution in [0.15, 0.2) is 0 Å². The number of esters is 1. The Kier molecular flexibility index (Phi) is 6.31. The fraction of sp³-hybridized carbons (Fsp3) is 0.750. The number of methoxy groups -OCH3 is 1. The summed E-state index contributed by atoms with van der Waals surface area (Å²) in [4.78, 5) is 36.8. The van der Waals surface area contributed by atoms with Crippen LogP contribution < -0.4 is 0 Å². The summed E-state index contributed by atoms with van der Waals surface area (Å²) < 4.78 is 4.51. The lowest BCUT2D eigenvalue weighted by Gasteiger charge is -2.37. The maximum Gasteiger partial charge on any atom is 0.325 e. The number of hydrogen-bond acceptors (Lipinski definition) is 4. The molecule has 0 radical (unpaired) electrons. The third kappa shape index (κ3) is 5.58. The lowest BCUT2D eigenvalue weighted by molar-refractivity contribution is -0.141. The zero-order valence-electron chi connectivity index (χ0n) is 12.1. The molecule has 0 aromatic heterocycles. The number of aliphatic carboxylic acids is 1. The molecule has 1 N–H and O–H groups in total. The van der Waals surface area contributed by atoms with Crippen LogP contribution in [-0.2, 0) is 14.3 Å². The molecule has 2 amide bonds. The fourth-order valence-electron chi connectivity index (χ4n) is 1.43. The van der Waals surface area contributed by atoms with Crippen LogP contribution in [0.1, 0.15) is 27.7 Å². The normalized spacial score (nSPS) is 10.8. The Morgan fingerprint density at radius 1 is 1.16 bits per heavy atom. The minimum absolute atomic E-state index is 0.196. The van der Waals surface area contributed by atoms with E-state index < -0.39 is 30.1 Å². The first-order valence-corrected chi connectivity index (χ1v) is 5.98. The summed E-state index contributed by atoms with van der Waals surface area (Å²) in [7, 11) is 1.24. The van der Waals surface area contributed by atoms with Gasteiger partial charge in [-0.1, -0.05) is 0 Å². The molecule has 0 fully saturated rings. The highest BCUT2D eigenvalue weighted by Gasteiger charge is 2.32. The number of carboxylic acid groups (broad SMARTS) is 1. The molecule has 7 heteroatoms. The van der Waals surface area contributed by atoms with Gasteiger partial charge in [0.2, 0.25) is 0 Å². The number of hydrogen-bond donors (Lipinski definition) is 1. The maximum atomic E-state index is 12.3. The van der Waals surface area contributed by atoms with Crippen LogP contribution in [0.5, 0.6) is 0 Å². The number of amides is 2. The second-order valence-electron chi connectivity index (χ2n) is 5.02. The molecule has 0 aliphatic carbocycles. The number of rotatable bonds is 5. The van der Waals surface area contributed by atoms with Gasteiger partial charge in [0.05, 0.1) is 7.11 Å². The van der Waals surface area contributed by atoms with Crippen molar-refractivity contribution in [2.45, 2.75) is 33.2 Å². The molecule has 110 valence electrons. The number of urea groups is 1. The van der Waals surface area contributed by atoms with E-state index in [1.165, 1.54) is 16.9 Å². The number of likely N-dealkylation sites (N-methyl/N-ethyl adjacent to an activating group) is 1. The monoisotopic (exact) mass is 274 g/mol. The third-order valence-corrected chi connectivity index (χ3v) is 2.53. The van der Waals surface area contributed by atoms with Crippen molar-refractivity contribution in [2.75, 3.05) is 26.7 Å². The van der Waals surface area contributed by atoms with Crippen LogP contribution in [0.2, 0.25) is 0 Å². The van der Waals surface area contributed by atoms with Gasteiger partial charge in [-0.2, -0.15) is 0 Å². The summed E-state index contributed by atoms with van der Waals surface area (Å²) >= 11 is 0. The van der Waals surface area contributed by atoms with Crippen molar-refractivity contribution in [3.8, 4) is 0 Å². The number of carbonyl (C=O) groups is 3. The van der Waals surface area contributed by atoms with Crippen LogP contribution in [0, 0.1) is 0 Å². The highest BCUT2D eigenvalue weighted by Crippen LogP contribution is 2.15. The molecule has 0 atom stereocenters. The van der Waals surface area contributed by atoms with Gasteiger partial charge < -0.3 is 19.6 Å². The average molecular weight is 274 g/mol. The average Bonchev–Trinajstić information content (AvgIpc) is 2.30. The van der Waals surface area contributed by atoms with Crippen molar-refractivity contribution in [1.29, 1.82) is 0 Å². The van der Waals surface area contributed by atoms with E-state index in [1.807, 2.05) is 0 Å². The Morgan fingerprint density at radius 3 is 2.00 bits per heavy atom. The summed E-state index contributed by atoms with van der Waals surface area (Å²) in [6, 6.07) is -0.497. The lowest BCUT2D eigenvalue weighted by atomic mass is 10.1. The SMILES string of the molecule is CCN(CC(=O)OC)C(=O)N(CC(=O)O)C(C)(C)C. The number of carbonyl (C=O) groups excluding carboxylic acids is 2. The smallest absolute Gasteiger partial charge is 0.325 e. The Balaban J connectivity index is 5.04. The summed E-state index contributed by atoms with van der Waals surface area (Å²) in [5.74, 6) is -1.64. The molecular formula is C12H22N2O5. The van der Waals surface area contributed by atoms with E-state index in [-0.39, 0.29) is 6.54 Å². The summed E-state index contributed by atoms with van der Waals surface area (Å²) in [5.41, 5.74) is -0.654. The van der Waals surface area contributed by atoms with Crippen LogP contribution in [-0.4, -0.2) is 65.2 Å². The van der Waals surface area contributed by atoms with Crippen molar-refractivity contribution in [3.63, 3.8) is 0 Å². The van der Waals surface area contributed by atoms with Gasteiger partial charge in [-0.3, -0.25) is 9.59 Å². The van der Waals surface area contributed by atoms with Gasteiger partial charge >= 0.3 is 18.0 Å². The molecule has 7 nitrogen and oxygen atoms in total. The zero-order valence-corrected chi connectivity index (χ0v) is 12.1. The summed E-state index contributed by atoms with van der Waals surface area (Å²) in [6.45, 7) is 6.60. The van der Waals surface area contributed by atoms with E-state index in [9.17, 15) is 14.4 Å². The molecule has 0 rings (SSSR count). The molecule has 0 aliphatic heterocycles. The molecule has 0 saturated heterocycles.